The molecule has 158 valence electrons. The number of anilines is 2. The molecule has 1 aromatic heterocycles. The molecule has 9 nitrogen and oxygen atoms in total. The van der Waals surface area contributed by atoms with Gasteiger partial charge in [0.2, 0.25) is 5.13 Å². The molecule has 0 saturated carbocycles. The van der Waals surface area contributed by atoms with Gasteiger partial charge >= 0.3 is 0 Å². The number of ether oxygens (including phenoxy) is 2. The first-order valence-electron chi connectivity index (χ1n) is 8.08. The van der Waals surface area contributed by atoms with E-state index in [1.54, 1.807) is 12.1 Å². The Bertz CT molecular complexity index is 1180. The first-order valence-corrected chi connectivity index (χ1v) is 11.1. The number of carbonyl (C=O) groups excluding carboxylic acids is 1. The molecule has 0 unspecified atom stereocenters. The predicted octanol–water partition coefficient (Wildman–Crippen LogP) is 3.92. The highest BCUT2D eigenvalue weighted by molar-refractivity contribution is 7.94. The maximum atomic E-state index is 12.7. The second kappa shape index (κ2) is 9.04. The first kappa shape index (κ1) is 22.1. The molecule has 3 aromatic rings. The molecule has 0 saturated heterocycles. The van der Waals surface area contributed by atoms with Crippen LogP contribution in [0.15, 0.2) is 40.7 Å². The number of aromatic nitrogens is 2. The lowest BCUT2D eigenvalue weighted by atomic mass is 10.2. The van der Waals surface area contributed by atoms with E-state index in [2.05, 4.69) is 20.2 Å². The summed E-state index contributed by atoms with van der Waals surface area (Å²) in [5, 5.41) is 10.6. The van der Waals surface area contributed by atoms with Crippen LogP contribution in [-0.4, -0.2) is 38.7 Å². The number of hydrogen-bond acceptors (Lipinski definition) is 8. The topological polar surface area (TPSA) is 120 Å². The summed E-state index contributed by atoms with van der Waals surface area (Å²) in [7, 11) is -1.36. The van der Waals surface area contributed by atoms with Gasteiger partial charge in [-0.15, -0.1) is 10.2 Å². The lowest BCUT2D eigenvalue weighted by Gasteiger charge is -2.13. The third-order valence-corrected chi connectivity index (χ3v) is 6.80. The van der Waals surface area contributed by atoms with E-state index in [9.17, 15) is 13.2 Å². The Morgan fingerprint density at radius 2 is 1.70 bits per heavy atom. The van der Waals surface area contributed by atoms with Crippen molar-refractivity contribution in [2.75, 3.05) is 24.3 Å². The van der Waals surface area contributed by atoms with E-state index in [-0.39, 0.29) is 31.7 Å². The summed E-state index contributed by atoms with van der Waals surface area (Å²) >= 11 is 12.5. The van der Waals surface area contributed by atoms with Crippen LogP contribution >= 0.6 is 34.5 Å². The van der Waals surface area contributed by atoms with Crippen LogP contribution in [0, 0.1) is 0 Å². The van der Waals surface area contributed by atoms with Gasteiger partial charge in [0.15, 0.2) is 0 Å². The molecule has 0 aliphatic carbocycles. The summed E-state index contributed by atoms with van der Waals surface area (Å²) in [5.41, 5.74) is 0.427. The number of methoxy groups -OCH3 is 2. The van der Waals surface area contributed by atoms with Crippen molar-refractivity contribution in [3.8, 4) is 11.5 Å². The highest BCUT2D eigenvalue weighted by atomic mass is 35.5. The van der Waals surface area contributed by atoms with Crippen LogP contribution in [0.3, 0.4) is 0 Å². The number of nitrogens with one attached hydrogen (secondary N) is 2. The molecule has 0 atom stereocenters. The van der Waals surface area contributed by atoms with Crippen LogP contribution in [0.25, 0.3) is 0 Å². The molecule has 0 bridgehead atoms. The quantitative estimate of drug-likeness (QED) is 0.483. The number of rotatable bonds is 7. The minimum Gasteiger partial charge on any atom is -0.495 e. The van der Waals surface area contributed by atoms with Crippen LogP contribution in [0.1, 0.15) is 10.4 Å². The van der Waals surface area contributed by atoms with Crippen LogP contribution < -0.4 is 19.5 Å². The van der Waals surface area contributed by atoms with Crippen molar-refractivity contribution < 1.29 is 22.7 Å². The zero-order valence-electron chi connectivity index (χ0n) is 15.5. The lowest BCUT2D eigenvalue weighted by Crippen LogP contribution is -2.13. The van der Waals surface area contributed by atoms with Gasteiger partial charge in [0.1, 0.15) is 11.5 Å². The van der Waals surface area contributed by atoms with Gasteiger partial charge in [0.25, 0.3) is 20.3 Å². The average molecular weight is 489 g/mol. The van der Waals surface area contributed by atoms with E-state index in [4.69, 9.17) is 32.7 Å². The van der Waals surface area contributed by atoms with Gasteiger partial charge in [0, 0.05) is 22.7 Å². The molecular weight excluding hydrogens is 475 g/mol. The number of hydrogen-bond donors (Lipinski definition) is 2. The molecule has 3 rings (SSSR count). The van der Waals surface area contributed by atoms with E-state index in [0.29, 0.717) is 21.9 Å². The van der Waals surface area contributed by atoms with Gasteiger partial charge in [0.05, 0.1) is 24.9 Å². The third kappa shape index (κ3) is 4.93. The molecule has 1 heterocycles. The molecule has 0 spiro atoms. The fourth-order valence-corrected chi connectivity index (χ4v) is 4.58. The smallest absolute Gasteiger partial charge is 0.291 e. The van der Waals surface area contributed by atoms with E-state index in [1.807, 2.05) is 0 Å². The van der Waals surface area contributed by atoms with Crippen molar-refractivity contribution >= 4 is 61.3 Å². The van der Waals surface area contributed by atoms with Gasteiger partial charge in [-0.1, -0.05) is 34.5 Å². The fourth-order valence-electron chi connectivity index (χ4n) is 2.27. The first-order chi connectivity index (χ1) is 14.2. The Balaban J connectivity index is 1.80. The van der Waals surface area contributed by atoms with Crippen LogP contribution in [-0.2, 0) is 10.0 Å². The average Bonchev–Trinajstić information content (AvgIpc) is 3.18. The second-order valence-corrected chi connectivity index (χ2v) is 9.30. The number of sulfonamides is 1. The Morgan fingerprint density at radius 3 is 2.33 bits per heavy atom. The van der Waals surface area contributed by atoms with Crippen LogP contribution in [0.2, 0.25) is 10.0 Å². The van der Waals surface area contributed by atoms with Gasteiger partial charge in [-0.05, 0) is 24.3 Å². The van der Waals surface area contributed by atoms with Crippen molar-refractivity contribution in [1.82, 2.24) is 10.2 Å². The van der Waals surface area contributed by atoms with Crippen molar-refractivity contribution in [1.29, 1.82) is 0 Å². The number of carbonyl (C=O) groups is 1. The van der Waals surface area contributed by atoms with E-state index in [0.717, 1.165) is 0 Å². The minimum atomic E-state index is -4.12. The summed E-state index contributed by atoms with van der Waals surface area (Å²) in [6, 6.07) is 8.96. The SMILES string of the molecule is COc1cc(NS(=O)(=O)c2nnc(NC(=O)c3ccc(Cl)cc3)s2)c(OC)cc1Cl. The Morgan fingerprint density at radius 1 is 1.03 bits per heavy atom. The molecule has 0 radical (unpaired) electrons. The largest absolute Gasteiger partial charge is 0.495 e. The molecule has 0 aliphatic heterocycles. The zero-order valence-corrected chi connectivity index (χ0v) is 18.6. The molecule has 2 aromatic carbocycles. The zero-order chi connectivity index (χ0) is 21.9. The van der Waals surface area contributed by atoms with E-state index >= 15 is 0 Å². The predicted molar refractivity (Wildman–Crippen MR) is 115 cm³/mol. The molecule has 2 N–H and O–H groups in total. The highest BCUT2D eigenvalue weighted by Gasteiger charge is 2.24. The van der Waals surface area contributed by atoms with Crippen molar-refractivity contribution in [3.05, 3.63) is 52.0 Å². The van der Waals surface area contributed by atoms with Crippen LogP contribution in [0.5, 0.6) is 11.5 Å². The molecule has 1 amide bonds. The second-order valence-electron chi connectivity index (χ2n) is 5.63. The molecule has 0 fully saturated rings. The Labute approximate surface area is 186 Å². The fraction of sp³-hybridized carbons (Fsp3) is 0.118. The van der Waals surface area contributed by atoms with Crippen LogP contribution in [0.4, 0.5) is 10.8 Å². The van der Waals surface area contributed by atoms with Crippen molar-refractivity contribution in [3.63, 3.8) is 0 Å². The third-order valence-electron chi connectivity index (χ3n) is 3.68. The molecular formula is C17H14Cl2N4O5S2. The van der Waals surface area contributed by atoms with Gasteiger partial charge in [-0.3, -0.25) is 14.8 Å². The monoisotopic (exact) mass is 488 g/mol. The summed E-state index contributed by atoms with van der Waals surface area (Å²) in [5.74, 6) is -0.0441. The van der Waals surface area contributed by atoms with Gasteiger partial charge < -0.3 is 9.47 Å². The summed E-state index contributed by atoms with van der Waals surface area (Å²) < 4.78 is 37.7. The van der Waals surface area contributed by atoms with Gasteiger partial charge in [-0.25, -0.2) is 0 Å². The summed E-state index contributed by atoms with van der Waals surface area (Å²) in [6.07, 6.45) is 0. The lowest BCUT2D eigenvalue weighted by molar-refractivity contribution is 0.102. The maximum absolute atomic E-state index is 12.7. The number of halogens is 2. The summed E-state index contributed by atoms with van der Waals surface area (Å²) in [6.45, 7) is 0. The normalized spacial score (nSPS) is 11.1. The molecule has 30 heavy (non-hydrogen) atoms. The number of nitrogens with zero attached hydrogens (tertiary/aromatic N) is 2. The number of amides is 1. The van der Waals surface area contributed by atoms with E-state index < -0.39 is 15.9 Å². The molecule has 0 aliphatic rings. The van der Waals surface area contributed by atoms with E-state index in [1.165, 1.54) is 38.5 Å². The Hall–Kier alpha value is -2.60. The summed E-state index contributed by atoms with van der Waals surface area (Å²) in [4.78, 5) is 12.2. The number of benzene rings is 2. The standard InChI is InChI=1S/C17H14Cl2N4O5S2/c1-27-13-8-12(14(28-2)7-11(13)19)23-30(25,26)17-22-21-16(29-17)20-15(24)9-3-5-10(18)6-4-9/h3-8,23H,1-2H3,(H,20,21,24). The minimum absolute atomic E-state index is 0.0102. The van der Waals surface area contributed by atoms with Crippen molar-refractivity contribution in [2.45, 2.75) is 4.34 Å². The molecule has 13 heteroatoms. The van der Waals surface area contributed by atoms with Gasteiger partial charge in [-0.2, -0.15) is 8.42 Å². The Kier molecular flexibility index (Phi) is 6.66. The highest BCUT2D eigenvalue weighted by Crippen LogP contribution is 2.37. The maximum Gasteiger partial charge on any atom is 0.291 e. The van der Waals surface area contributed by atoms with Crippen molar-refractivity contribution in [2.24, 2.45) is 0 Å².